The van der Waals surface area contributed by atoms with Crippen LogP contribution in [0.15, 0.2) is 65.5 Å². The second-order valence-corrected chi connectivity index (χ2v) is 8.27. The molecule has 9 heteroatoms. The number of nitrogens with one attached hydrogen (secondary N) is 1. The van der Waals surface area contributed by atoms with Crippen molar-refractivity contribution in [3.8, 4) is 22.5 Å². The Morgan fingerprint density at radius 3 is 2.59 bits per heavy atom. The van der Waals surface area contributed by atoms with Gasteiger partial charge in [-0.1, -0.05) is 74.0 Å². The number of fused-ring (bicyclic) bond motifs is 1. The van der Waals surface area contributed by atoms with Crippen molar-refractivity contribution in [3.05, 3.63) is 87.9 Å². The molecule has 0 amide bonds. The van der Waals surface area contributed by atoms with Crippen molar-refractivity contribution >= 4 is 5.97 Å². The molecule has 0 bridgehead atoms. The van der Waals surface area contributed by atoms with Crippen molar-refractivity contribution in [3.63, 3.8) is 0 Å². The van der Waals surface area contributed by atoms with Gasteiger partial charge in [-0.05, 0) is 28.3 Å². The Kier molecular flexibility index (Phi) is 5.67. The topological polar surface area (TPSA) is 119 Å². The minimum Gasteiger partial charge on any atom is -0.479 e. The average Bonchev–Trinajstić information content (AvgIpc) is 3.48. The summed E-state index contributed by atoms with van der Waals surface area (Å²) in [6, 6.07) is 14.9. The highest BCUT2D eigenvalue weighted by atomic mass is 16.4. The van der Waals surface area contributed by atoms with Gasteiger partial charge in [0.1, 0.15) is 0 Å². The van der Waals surface area contributed by atoms with E-state index >= 15 is 0 Å². The molecule has 5 rings (SSSR count). The molecule has 0 aliphatic carbocycles. The van der Waals surface area contributed by atoms with E-state index in [4.69, 9.17) is 0 Å². The number of benzene rings is 2. The molecule has 0 saturated heterocycles. The van der Waals surface area contributed by atoms with Gasteiger partial charge >= 0.3 is 5.97 Å². The Balaban J connectivity index is 1.49. The maximum absolute atomic E-state index is 13.3. The molecule has 0 radical (unpaired) electrons. The van der Waals surface area contributed by atoms with Crippen LogP contribution in [0, 0.1) is 0 Å². The molecular weight excluding hydrogens is 432 g/mol. The number of carboxylic acid groups (broad SMARTS) is 1. The number of tetrazole rings is 1. The maximum Gasteiger partial charge on any atom is 0.332 e. The van der Waals surface area contributed by atoms with E-state index in [0.29, 0.717) is 30.8 Å². The number of carboxylic acids is 1. The first kappa shape index (κ1) is 21.6. The summed E-state index contributed by atoms with van der Waals surface area (Å²) in [6.45, 7) is 2.56. The van der Waals surface area contributed by atoms with Crippen LogP contribution in [0.5, 0.6) is 0 Å². The minimum absolute atomic E-state index is 0.230. The molecule has 4 aromatic rings. The SMILES string of the molecule is CCCc1c(Cc2ccc(-c3ccccc3-c3nn[nH]n3)cc2)c(=O)n2n1CC=CC2C(=O)O. The summed E-state index contributed by atoms with van der Waals surface area (Å²) in [5.74, 6) is -0.506. The first-order valence-corrected chi connectivity index (χ1v) is 11.2. The molecule has 1 atom stereocenters. The molecule has 9 nitrogen and oxygen atoms in total. The van der Waals surface area contributed by atoms with Crippen molar-refractivity contribution in [1.29, 1.82) is 0 Å². The first-order valence-electron chi connectivity index (χ1n) is 11.2. The summed E-state index contributed by atoms with van der Waals surface area (Å²) in [7, 11) is 0. The molecule has 1 aliphatic heterocycles. The molecule has 0 saturated carbocycles. The zero-order chi connectivity index (χ0) is 23.7. The molecule has 2 N–H and O–H groups in total. The quantitative estimate of drug-likeness (QED) is 0.412. The predicted octanol–water partition coefficient (Wildman–Crippen LogP) is 3.24. The number of aromatic nitrogens is 6. The van der Waals surface area contributed by atoms with Crippen LogP contribution < -0.4 is 5.56 Å². The Labute approximate surface area is 195 Å². The Morgan fingerprint density at radius 1 is 1.15 bits per heavy atom. The fourth-order valence-corrected chi connectivity index (χ4v) is 4.60. The van der Waals surface area contributed by atoms with Gasteiger partial charge in [-0.25, -0.2) is 9.48 Å². The average molecular weight is 457 g/mol. The number of nitrogens with zero attached hydrogens (tertiary/aromatic N) is 5. The normalized spacial score (nSPS) is 14.8. The summed E-state index contributed by atoms with van der Waals surface area (Å²) >= 11 is 0. The van der Waals surface area contributed by atoms with Gasteiger partial charge in [0, 0.05) is 23.2 Å². The van der Waals surface area contributed by atoms with Crippen LogP contribution in [0.2, 0.25) is 0 Å². The van der Waals surface area contributed by atoms with E-state index < -0.39 is 12.0 Å². The Bertz CT molecular complexity index is 1410. The highest BCUT2D eigenvalue weighted by molar-refractivity contribution is 5.80. The van der Waals surface area contributed by atoms with Crippen LogP contribution in [0.25, 0.3) is 22.5 Å². The summed E-state index contributed by atoms with van der Waals surface area (Å²) in [6.07, 6.45) is 5.42. The van der Waals surface area contributed by atoms with E-state index in [2.05, 4.69) is 27.5 Å². The lowest BCUT2D eigenvalue weighted by molar-refractivity contribution is -0.140. The van der Waals surface area contributed by atoms with Crippen molar-refractivity contribution in [2.45, 2.75) is 38.8 Å². The number of hydrogen-bond donors (Lipinski definition) is 2. The number of aromatic amines is 1. The van der Waals surface area contributed by atoms with Crippen molar-refractivity contribution in [2.75, 3.05) is 0 Å². The first-order chi connectivity index (χ1) is 16.6. The maximum atomic E-state index is 13.3. The molecular formula is C25H24N6O3. The van der Waals surface area contributed by atoms with Crippen LogP contribution in [0.1, 0.15) is 36.2 Å². The molecule has 172 valence electrons. The summed E-state index contributed by atoms with van der Waals surface area (Å²) in [5.41, 5.74) is 5.19. The summed E-state index contributed by atoms with van der Waals surface area (Å²) < 4.78 is 3.22. The standard InChI is InChI=1S/C25H24N6O3/c1-2-6-21-20(24(32)31-22(25(33)34)9-5-14-30(21)31)15-16-10-12-17(13-11-16)18-7-3-4-8-19(18)23-26-28-29-27-23/h3-5,7-13,22H,2,6,14-15H2,1H3,(H,33,34)(H,26,27,28,29). The number of rotatable bonds is 7. The van der Waals surface area contributed by atoms with Crippen molar-refractivity contribution in [1.82, 2.24) is 30.0 Å². The van der Waals surface area contributed by atoms with Gasteiger partial charge in [-0.15, -0.1) is 10.2 Å². The van der Waals surface area contributed by atoms with E-state index in [1.807, 2.05) is 59.3 Å². The zero-order valence-corrected chi connectivity index (χ0v) is 18.7. The second-order valence-electron chi connectivity index (χ2n) is 8.27. The molecule has 34 heavy (non-hydrogen) atoms. The van der Waals surface area contributed by atoms with Crippen LogP contribution in [-0.2, 0) is 24.2 Å². The van der Waals surface area contributed by atoms with Gasteiger partial charge < -0.3 is 5.11 Å². The second kappa shape index (κ2) is 8.93. The van der Waals surface area contributed by atoms with Crippen LogP contribution >= 0.6 is 0 Å². The fraction of sp³-hybridized carbons (Fsp3) is 0.240. The summed E-state index contributed by atoms with van der Waals surface area (Å²) in [4.78, 5) is 25.1. The van der Waals surface area contributed by atoms with E-state index in [0.717, 1.165) is 34.4 Å². The van der Waals surface area contributed by atoms with Crippen LogP contribution in [-0.4, -0.2) is 41.1 Å². The molecule has 2 aromatic carbocycles. The lowest BCUT2D eigenvalue weighted by Crippen LogP contribution is -2.34. The smallest absolute Gasteiger partial charge is 0.332 e. The monoisotopic (exact) mass is 456 g/mol. The lowest BCUT2D eigenvalue weighted by atomic mass is 9.96. The number of carbonyl (C=O) groups is 1. The zero-order valence-electron chi connectivity index (χ0n) is 18.7. The molecule has 1 aliphatic rings. The molecule has 2 aromatic heterocycles. The van der Waals surface area contributed by atoms with Gasteiger partial charge in [-0.3, -0.25) is 9.48 Å². The number of H-pyrrole nitrogens is 1. The van der Waals surface area contributed by atoms with Gasteiger partial charge in [-0.2, -0.15) is 5.21 Å². The van der Waals surface area contributed by atoms with E-state index in [1.54, 1.807) is 6.08 Å². The lowest BCUT2D eigenvalue weighted by Gasteiger charge is -2.20. The predicted molar refractivity (Wildman–Crippen MR) is 126 cm³/mol. The number of allylic oxidation sites excluding steroid dienone is 1. The highest BCUT2D eigenvalue weighted by Gasteiger charge is 2.29. The Morgan fingerprint density at radius 2 is 1.91 bits per heavy atom. The molecule has 0 fully saturated rings. The number of hydrogen-bond acceptors (Lipinski definition) is 5. The summed E-state index contributed by atoms with van der Waals surface area (Å²) in [5, 5.41) is 24.0. The van der Waals surface area contributed by atoms with Gasteiger partial charge in [0.15, 0.2) is 6.04 Å². The molecule has 1 unspecified atom stereocenters. The fourth-order valence-electron chi connectivity index (χ4n) is 4.60. The number of aliphatic carboxylic acids is 1. The van der Waals surface area contributed by atoms with Crippen molar-refractivity contribution in [2.24, 2.45) is 0 Å². The van der Waals surface area contributed by atoms with Gasteiger partial charge in [0.2, 0.25) is 5.82 Å². The van der Waals surface area contributed by atoms with Gasteiger partial charge in [0.05, 0.1) is 6.54 Å². The third-order valence-corrected chi connectivity index (χ3v) is 6.15. The molecule has 0 spiro atoms. The van der Waals surface area contributed by atoms with Gasteiger partial charge in [0.25, 0.3) is 5.56 Å². The van der Waals surface area contributed by atoms with E-state index in [-0.39, 0.29) is 5.56 Å². The van der Waals surface area contributed by atoms with Crippen molar-refractivity contribution < 1.29 is 9.90 Å². The third kappa shape index (κ3) is 3.75. The molecule has 3 heterocycles. The van der Waals surface area contributed by atoms with Crippen LogP contribution in [0.4, 0.5) is 0 Å². The van der Waals surface area contributed by atoms with Crippen LogP contribution in [0.3, 0.4) is 0 Å². The third-order valence-electron chi connectivity index (χ3n) is 6.15. The largest absolute Gasteiger partial charge is 0.479 e. The van der Waals surface area contributed by atoms with E-state index in [9.17, 15) is 14.7 Å². The highest BCUT2D eigenvalue weighted by Crippen LogP contribution is 2.30. The minimum atomic E-state index is -1.03. The Hall–Kier alpha value is -4.27. The van der Waals surface area contributed by atoms with E-state index in [1.165, 1.54) is 4.68 Å².